The molecule has 21 heavy (non-hydrogen) atoms. The van der Waals surface area contributed by atoms with Crippen LogP contribution in [0.4, 0.5) is 13.2 Å². The highest BCUT2D eigenvalue weighted by molar-refractivity contribution is 6.29. The van der Waals surface area contributed by atoms with Crippen molar-refractivity contribution in [3.05, 3.63) is 28.5 Å². The van der Waals surface area contributed by atoms with E-state index in [0.717, 1.165) is 11.3 Å². The molecule has 118 valence electrons. The Hall–Kier alpha value is -1.30. The molecule has 0 unspecified atom stereocenters. The number of carbonyl (C=O) groups excluding carboxylic acids is 1. The molecule has 1 heterocycles. The Balaban J connectivity index is 3.02. The van der Waals surface area contributed by atoms with Crippen molar-refractivity contribution in [3.8, 4) is 0 Å². The summed E-state index contributed by atoms with van der Waals surface area (Å²) in [5.41, 5.74) is 0.757. The van der Waals surface area contributed by atoms with Gasteiger partial charge < -0.3 is 4.90 Å². The van der Waals surface area contributed by atoms with Crippen LogP contribution in [0.3, 0.4) is 0 Å². The van der Waals surface area contributed by atoms with Gasteiger partial charge in [-0.05, 0) is 25.0 Å². The van der Waals surface area contributed by atoms with Crippen molar-refractivity contribution < 1.29 is 18.0 Å². The maximum absolute atomic E-state index is 12.6. The minimum atomic E-state index is -4.42. The summed E-state index contributed by atoms with van der Waals surface area (Å²) >= 11 is 5.84. The van der Waals surface area contributed by atoms with Gasteiger partial charge in [-0.15, -0.1) is 0 Å². The molecule has 0 aliphatic carbocycles. The van der Waals surface area contributed by atoms with Crippen LogP contribution in [-0.2, 0) is 6.42 Å². The molecule has 0 spiro atoms. The second-order valence-electron chi connectivity index (χ2n) is 4.76. The van der Waals surface area contributed by atoms with Gasteiger partial charge in [-0.3, -0.25) is 4.79 Å². The number of pyridine rings is 1. The molecule has 0 fully saturated rings. The third-order valence-electron chi connectivity index (χ3n) is 2.75. The first-order valence-electron chi connectivity index (χ1n) is 6.79. The second kappa shape index (κ2) is 7.64. The molecule has 0 N–H and O–H groups in total. The lowest BCUT2D eigenvalue weighted by Gasteiger charge is -2.23. The van der Waals surface area contributed by atoms with Gasteiger partial charge in [-0.25, -0.2) is 4.98 Å². The minimum absolute atomic E-state index is 0.0431. The molecular weight excluding hydrogens is 305 g/mol. The number of carbonyl (C=O) groups is 1. The largest absolute Gasteiger partial charge is 0.406 e. The highest BCUT2D eigenvalue weighted by Gasteiger charge is 2.33. The van der Waals surface area contributed by atoms with Crippen LogP contribution in [-0.4, -0.2) is 35.1 Å². The Kier molecular flexibility index (Phi) is 6.45. The van der Waals surface area contributed by atoms with Crippen molar-refractivity contribution in [2.45, 2.75) is 39.3 Å². The Bertz CT molecular complexity index is 492. The van der Waals surface area contributed by atoms with Crippen molar-refractivity contribution >= 4 is 17.5 Å². The van der Waals surface area contributed by atoms with Crippen LogP contribution in [0.25, 0.3) is 0 Å². The standard InChI is InChI=1S/C14H18ClF3N2O/c1-3-5-11-7-10(8-12(15)19-11)13(21)20(6-4-2)9-14(16,17)18/h7-8H,3-6,9H2,1-2H3. The molecule has 7 heteroatoms. The molecule has 0 saturated carbocycles. The van der Waals surface area contributed by atoms with E-state index in [2.05, 4.69) is 4.98 Å². The zero-order valence-corrected chi connectivity index (χ0v) is 12.8. The fraction of sp³-hybridized carbons (Fsp3) is 0.571. The lowest BCUT2D eigenvalue weighted by molar-refractivity contribution is -0.140. The van der Waals surface area contributed by atoms with E-state index in [1.54, 1.807) is 6.92 Å². The van der Waals surface area contributed by atoms with Gasteiger partial charge in [0.25, 0.3) is 5.91 Å². The SMILES string of the molecule is CCCc1cc(C(=O)N(CCC)CC(F)(F)F)cc(Cl)n1. The third-order valence-corrected chi connectivity index (χ3v) is 2.94. The first-order valence-corrected chi connectivity index (χ1v) is 7.17. The Morgan fingerprint density at radius 2 is 1.95 bits per heavy atom. The summed E-state index contributed by atoms with van der Waals surface area (Å²) in [4.78, 5) is 17.1. The Labute approximate surface area is 127 Å². The van der Waals surface area contributed by atoms with Gasteiger partial charge in [0.2, 0.25) is 0 Å². The van der Waals surface area contributed by atoms with E-state index in [1.807, 2.05) is 6.92 Å². The summed E-state index contributed by atoms with van der Waals surface area (Å²) in [5.74, 6) is -0.671. The smallest absolute Gasteiger partial charge is 0.330 e. The molecule has 1 aromatic rings. The number of halogens is 4. The van der Waals surface area contributed by atoms with Crippen molar-refractivity contribution in [1.82, 2.24) is 9.88 Å². The number of alkyl halides is 3. The van der Waals surface area contributed by atoms with Crippen LogP contribution in [0, 0.1) is 0 Å². The van der Waals surface area contributed by atoms with Crippen molar-refractivity contribution in [3.63, 3.8) is 0 Å². The average Bonchev–Trinajstić information content (AvgIpc) is 2.35. The molecule has 1 aromatic heterocycles. The van der Waals surface area contributed by atoms with Crippen LogP contribution in [0.1, 0.15) is 42.7 Å². The normalized spacial score (nSPS) is 11.5. The first-order chi connectivity index (χ1) is 9.76. The second-order valence-corrected chi connectivity index (χ2v) is 5.15. The highest BCUT2D eigenvalue weighted by atomic mass is 35.5. The molecule has 0 aromatic carbocycles. The summed E-state index contributed by atoms with van der Waals surface area (Å²) in [6.07, 6.45) is -2.55. The minimum Gasteiger partial charge on any atom is -0.330 e. The van der Waals surface area contributed by atoms with E-state index in [0.29, 0.717) is 18.5 Å². The monoisotopic (exact) mass is 322 g/mol. The number of hydrogen-bond acceptors (Lipinski definition) is 2. The zero-order valence-electron chi connectivity index (χ0n) is 12.0. The van der Waals surface area contributed by atoms with Gasteiger partial charge in [0.15, 0.2) is 0 Å². The summed E-state index contributed by atoms with van der Waals surface area (Å²) in [6, 6.07) is 2.82. The zero-order chi connectivity index (χ0) is 16.0. The fourth-order valence-electron chi connectivity index (χ4n) is 1.98. The Morgan fingerprint density at radius 3 is 2.48 bits per heavy atom. The summed E-state index contributed by atoms with van der Waals surface area (Å²) in [5, 5.41) is 0.118. The summed E-state index contributed by atoms with van der Waals surface area (Å²) in [6.45, 7) is 2.44. The van der Waals surface area contributed by atoms with Gasteiger partial charge in [0.05, 0.1) is 0 Å². The van der Waals surface area contributed by atoms with E-state index in [4.69, 9.17) is 11.6 Å². The van der Waals surface area contributed by atoms with Crippen LogP contribution < -0.4 is 0 Å². The van der Waals surface area contributed by atoms with Crippen LogP contribution in [0.15, 0.2) is 12.1 Å². The van der Waals surface area contributed by atoms with Gasteiger partial charge in [0, 0.05) is 17.8 Å². The van der Waals surface area contributed by atoms with Gasteiger partial charge in [-0.2, -0.15) is 13.2 Å². The van der Waals surface area contributed by atoms with E-state index in [9.17, 15) is 18.0 Å². The van der Waals surface area contributed by atoms with Gasteiger partial charge in [-0.1, -0.05) is 31.9 Å². The molecule has 0 atom stereocenters. The van der Waals surface area contributed by atoms with Gasteiger partial charge in [0.1, 0.15) is 11.7 Å². The predicted octanol–water partition coefficient (Wildman–Crippen LogP) is 4.10. The molecule has 0 saturated heterocycles. The molecule has 3 nitrogen and oxygen atoms in total. The van der Waals surface area contributed by atoms with Crippen LogP contribution in [0.2, 0.25) is 5.15 Å². The molecule has 1 amide bonds. The van der Waals surface area contributed by atoms with E-state index in [1.165, 1.54) is 12.1 Å². The molecule has 0 aliphatic heterocycles. The number of nitrogens with zero attached hydrogens (tertiary/aromatic N) is 2. The maximum atomic E-state index is 12.6. The molecule has 1 rings (SSSR count). The van der Waals surface area contributed by atoms with Crippen LogP contribution >= 0.6 is 11.6 Å². The van der Waals surface area contributed by atoms with E-state index >= 15 is 0 Å². The number of aromatic nitrogens is 1. The topological polar surface area (TPSA) is 33.2 Å². The van der Waals surface area contributed by atoms with E-state index < -0.39 is 18.6 Å². The fourth-order valence-corrected chi connectivity index (χ4v) is 2.21. The summed E-state index contributed by atoms with van der Waals surface area (Å²) in [7, 11) is 0. The van der Waals surface area contributed by atoms with Crippen LogP contribution in [0.5, 0.6) is 0 Å². The molecular formula is C14H18ClF3N2O. The predicted molar refractivity (Wildman–Crippen MR) is 75.5 cm³/mol. The first kappa shape index (κ1) is 17.8. The van der Waals surface area contributed by atoms with Gasteiger partial charge >= 0.3 is 6.18 Å². The number of amides is 1. The van der Waals surface area contributed by atoms with Crippen molar-refractivity contribution in [2.24, 2.45) is 0 Å². The maximum Gasteiger partial charge on any atom is 0.406 e. The van der Waals surface area contributed by atoms with Crippen molar-refractivity contribution in [1.29, 1.82) is 0 Å². The number of rotatable bonds is 6. The quantitative estimate of drug-likeness (QED) is 0.739. The molecule has 0 radical (unpaired) electrons. The van der Waals surface area contributed by atoms with E-state index in [-0.39, 0.29) is 17.3 Å². The lowest BCUT2D eigenvalue weighted by atomic mass is 10.1. The number of hydrogen-bond donors (Lipinski definition) is 0. The molecule has 0 bridgehead atoms. The number of aryl methyl sites for hydroxylation is 1. The summed E-state index contributed by atoms with van der Waals surface area (Å²) < 4.78 is 37.7. The molecule has 0 aliphatic rings. The average molecular weight is 323 g/mol. The third kappa shape index (κ3) is 5.91. The highest BCUT2D eigenvalue weighted by Crippen LogP contribution is 2.20. The lowest BCUT2D eigenvalue weighted by Crippen LogP contribution is -2.39. The Morgan fingerprint density at radius 1 is 1.29 bits per heavy atom. The van der Waals surface area contributed by atoms with Crippen molar-refractivity contribution in [2.75, 3.05) is 13.1 Å².